The molecule has 0 bridgehead atoms. The van der Waals surface area contributed by atoms with E-state index >= 15 is 0 Å². The van der Waals surface area contributed by atoms with Crippen molar-refractivity contribution in [2.75, 3.05) is 26.2 Å². The van der Waals surface area contributed by atoms with Gasteiger partial charge in [-0.15, -0.1) is 0 Å². The Labute approximate surface area is 306 Å². The van der Waals surface area contributed by atoms with Crippen LogP contribution >= 0.6 is 0 Å². The number of piperidine rings is 1. The highest BCUT2D eigenvalue weighted by Gasteiger charge is 2.48. The Morgan fingerprint density at radius 2 is 1.60 bits per heavy atom. The average Bonchev–Trinajstić information content (AvgIpc) is 3.46. The molecular weight excluding hydrogens is 667 g/mol. The van der Waals surface area contributed by atoms with Crippen LogP contribution in [0.1, 0.15) is 92.2 Å². The van der Waals surface area contributed by atoms with Crippen molar-refractivity contribution in [1.29, 1.82) is 0 Å². The molecule has 0 aromatic heterocycles. The van der Waals surface area contributed by atoms with E-state index in [1.54, 1.807) is 35.2 Å². The predicted molar refractivity (Wildman–Crippen MR) is 194 cm³/mol. The van der Waals surface area contributed by atoms with E-state index in [2.05, 4.69) is 10.6 Å². The van der Waals surface area contributed by atoms with Gasteiger partial charge in [-0.3, -0.25) is 14.4 Å². The fourth-order valence-corrected chi connectivity index (χ4v) is 7.48. The highest BCUT2D eigenvalue weighted by Crippen LogP contribution is 2.50. The molecule has 1 saturated carbocycles. The first-order valence-corrected chi connectivity index (χ1v) is 18.4. The third-order valence-electron chi connectivity index (χ3n) is 10.5. The minimum absolute atomic E-state index is 0.0307. The number of rotatable bonds is 9. The number of ether oxygens (including phenoxy) is 2. The smallest absolute Gasteiger partial charge is 0.410 e. The van der Waals surface area contributed by atoms with Crippen molar-refractivity contribution in [3.63, 3.8) is 0 Å². The van der Waals surface area contributed by atoms with Crippen LogP contribution in [0, 0.1) is 16.6 Å². The van der Waals surface area contributed by atoms with E-state index in [0.29, 0.717) is 24.2 Å². The molecule has 0 radical (unpaired) electrons. The highest BCUT2D eigenvalue weighted by atomic mass is 19.1. The Bertz CT molecular complexity index is 1600. The monoisotopic (exact) mass is 722 g/mol. The molecule has 1 aliphatic carbocycles. The second-order valence-electron chi connectivity index (χ2n) is 16.9. The molecule has 12 heteroatoms. The summed E-state index contributed by atoms with van der Waals surface area (Å²) < 4.78 is 25.7. The third kappa shape index (κ3) is 9.49. The number of carbonyl (C=O) groups is 4. The third-order valence-corrected chi connectivity index (χ3v) is 10.5. The number of aliphatic hydroxyl groups is 1. The zero-order valence-corrected chi connectivity index (χ0v) is 31.5. The summed E-state index contributed by atoms with van der Waals surface area (Å²) in [6.07, 6.45) is 2.14. The van der Waals surface area contributed by atoms with E-state index in [0.717, 1.165) is 31.2 Å². The summed E-state index contributed by atoms with van der Waals surface area (Å²) in [5, 5.41) is 16.4. The first kappa shape index (κ1) is 39.2. The van der Waals surface area contributed by atoms with Crippen molar-refractivity contribution in [3.8, 4) is 11.1 Å². The first-order chi connectivity index (χ1) is 24.3. The molecule has 2 aromatic carbocycles. The largest absolute Gasteiger partial charge is 0.444 e. The normalized spacial score (nSPS) is 21.6. The molecule has 0 unspecified atom stereocenters. The fraction of sp³-hybridized carbons (Fsp3) is 0.600. The Balaban J connectivity index is 1.12. The summed E-state index contributed by atoms with van der Waals surface area (Å²) in [5.41, 5.74) is 0.859. The van der Waals surface area contributed by atoms with E-state index in [9.17, 15) is 28.7 Å². The van der Waals surface area contributed by atoms with Crippen molar-refractivity contribution in [2.45, 2.75) is 117 Å². The molecule has 5 rings (SSSR count). The number of β-amino-alcohol motifs (C(OH)–C–C–N with tert-alkyl or cyclic N) is 1. The molecule has 4 amide bonds. The summed E-state index contributed by atoms with van der Waals surface area (Å²) >= 11 is 0. The topological polar surface area (TPSA) is 138 Å². The summed E-state index contributed by atoms with van der Waals surface area (Å²) in [5.74, 6) is -1.60. The van der Waals surface area contributed by atoms with E-state index in [1.165, 1.54) is 11.0 Å². The molecule has 52 heavy (non-hydrogen) atoms. The maximum absolute atomic E-state index is 14.3. The molecule has 11 nitrogen and oxygen atoms in total. The van der Waals surface area contributed by atoms with Gasteiger partial charge < -0.3 is 35.0 Å². The molecule has 1 spiro atoms. The first-order valence-electron chi connectivity index (χ1n) is 18.4. The number of amides is 4. The van der Waals surface area contributed by atoms with E-state index in [4.69, 9.17) is 9.47 Å². The second-order valence-corrected chi connectivity index (χ2v) is 16.9. The van der Waals surface area contributed by atoms with Crippen LogP contribution in [0.2, 0.25) is 0 Å². The van der Waals surface area contributed by atoms with Crippen LogP contribution in [0.4, 0.5) is 9.18 Å². The van der Waals surface area contributed by atoms with Crippen LogP contribution < -0.4 is 10.6 Å². The van der Waals surface area contributed by atoms with Crippen molar-refractivity contribution in [1.82, 2.24) is 20.4 Å². The number of hydrogen-bond acceptors (Lipinski definition) is 7. The lowest BCUT2D eigenvalue weighted by molar-refractivity contribution is -0.147. The molecule has 2 aromatic rings. The summed E-state index contributed by atoms with van der Waals surface area (Å²) in [7, 11) is 0. The van der Waals surface area contributed by atoms with E-state index in [1.807, 2.05) is 60.6 Å². The average molecular weight is 723 g/mol. The van der Waals surface area contributed by atoms with Gasteiger partial charge in [-0.2, -0.15) is 0 Å². The van der Waals surface area contributed by atoms with Gasteiger partial charge in [0.1, 0.15) is 30.1 Å². The van der Waals surface area contributed by atoms with Gasteiger partial charge in [0.2, 0.25) is 17.7 Å². The molecular formula is C40H55FN4O7. The quantitative estimate of drug-likeness (QED) is 0.317. The molecule has 3 aliphatic rings. The van der Waals surface area contributed by atoms with Gasteiger partial charge in [0.25, 0.3) is 0 Å². The van der Waals surface area contributed by atoms with Crippen LogP contribution in [-0.2, 0) is 23.9 Å². The van der Waals surface area contributed by atoms with Gasteiger partial charge in [-0.25, -0.2) is 9.18 Å². The maximum Gasteiger partial charge on any atom is 0.410 e. The van der Waals surface area contributed by atoms with Crippen LogP contribution in [-0.4, -0.2) is 94.9 Å². The number of carbonyl (C=O) groups excluding carboxylic acids is 4. The van der Waals surface area contributed by atoms with Crippen molar-refractivity contribution in [2.24, 2.45) is 10.8 Å². The van der Waals surface area contributed by atoms with Gasteiger partial charge >= 0.3 is 6.09 Å². The van der Waals surface area contributed by atoms with E-state index < -0.39 is 53.0 Å². The number of benzene rings is 2. The number of nitrogens with one attached hydrogen (secondary N) is 2. The lowest BCUT2D eigenvalue weighted by atomic mass is 9.61. The number of hydrogen-bond donors (Lipinski definition) is 3. The van der Waals surface area contributed by atoms with Crippen LogP contribution in [0.25, 0.3) is 11.1 Å². The Kier molecular flexibility index (Phi) is 11.7. The van der Waals surface area contributed by atoms with Crippen molar-refractivity contribution in [3.05, 3.63) is 59.9 Å². The predicted octanol–water partition coefficient (Wildman–Crippen LogP) is 5.36. The van der Waals surface area contributed by atoms with Crippen LogP contribution in [0.5, 0.6) is 0 Å². The minimum Gasteiger partial charge on any atom is -0.444 e. The molecule has 2 heterocycles. The molecule has 3 fully saturated rings. The minimum atomic E-state index is -0.961. The van der Waals surface area contributed by atoms with Gasteiger partial charge in [0.05, 0.1) is 18.2 Å². The molecule has 2 saturated heterocycles. The number of aliphatic hydroxyl groups excluding tert-OH is 1. The molecule has 284 valence electrons. The number of nitrogens with zero attached hydrogens (tertiary/aromatic N) is 2. The molecule has 3 N–H and O–H groups in total. The number of likely N-dealkylation sites (tertiary alicyclic amines) is 2. The van der Waals surface area contributed by atoms with Crippen molar-refractivity contribution < 1.29 is 38.1 Å². The van der Waals surface area contributed by atoms with Gasteiger partial charge in [0.15, 0.2) is 0 Å². The maximum atomic E-state index is 14.3. The zero-order valence-electron chi connectivity index (χ0n) is 31.5. The van der Waals surface area contributed by atoms with Gasteiger partial charge in [-0.05, 0) is 81.4 Å². The SMILES string of the molecule is C[C@H](NC(=O)[C@@H]1C[C@@H](O)CN1C(=O)[C@@H](NC(=O)COC1CC2(CCN(C(=O)OC(C)(C)C)CC2)C1)C(C)(C)C)c1ccc(-c2ccccc2F)cc1. The Morgan fingerprint density at radius 1 is 0.962 bits per heavy atom. The fourth-order valence-electron chi connectivity index (χ4n) is 7.48. The Morgan fingerprint density at radius 3 is 2.19 bits per heavy atom. The van der Waals surface area contributed by atoms with E-state index in [-0.39, 0.29) is 43.0 Å². The lowest BCUT2D eigenvalue weighted by Gasteiger charge is -2.51. The molecule has 2 aliphatic heterocycles. The standard InChI is InChI=1S/C40H55FN4O7/c1-25(26-12-14-27(15-13-26)30-10-8-9-11-31(30)41)42-35(48)32-20-28(46)23-45(32)36(49)34(38(2,3)4)43-33(47)24-51-29-21-40(22-29)16-18-44(19-17-40)37(50)52-39(5,6)7/h8-15,25,28-29,32,34,46H,16-24H2,1-7H3,(H,42,48)(H,43,47)/t25-,28+,32-,34+/m0/s1. The van der Waals surface area contributed by atoms with Crippen LogP contribution in [0.3, 0.4) is 0 Å². The zero-order chi connectivity index (χ0) is 38.0. The summed E-state index contributed by atoms with van der Waals surface area (Å²) in [6, 6.07) is 11.5. The molecule has 4 atom stereocenters. The van der Waals surface area contributed by atoms with Crippen LogP contribution in [0.15, 0.2) is 48.5 Å². The van der Waals surface area contributed by atoms with Crippen molar-refractivity contribution >= 4 is 23.8 Å². The summed E-state index contributed by atoms with van der Waals surface area (Å²) in [4.78, 5) is 56.3. The number of halogens is 1. The Hall–Kier alpha value is -4.03. The second kappa shape index (κ2) is 15.5. The lowest BCUT2D eigenvalue weighted by Crippen LogP contribution is -2.58. The highest BCUT2D eigenvalue weighted by molar-refractivity contribution is 5.93. The van der Waals surface area contributed by atoms with Gasteiger partial charge in [0, 0.05) is 31.6 Å². The summed E-state index contributed by atoms with van der Waals surface area (Å²) in [6.45, 7) is 13.9. The van der Waals surface area contributed by atoms with Gasteiger partial charge in [-0.1, -0.05) is 63.2 Å².